The Bertz CT molecular complexity index is 74.6. The smallest absolute Gasteiger partial charge is 0.0273 e. The highest BCUT2D eigenvalue weighted by atomic mass is 14.6. The lowest BCUT2D eigenvalue weighted by Crippen LogP contribution is -1.86. The van der Waals surface area contributed by atoms with Crippen LogP contribution in [-0.2, 0) is 0 Å². The Balaban J connectivity index is 2.91. The summed E-state index contributed by atoms with van der Waals surface area (Å²) in [6.45, 7) is 4.51. The van der Waals surface area contributed by atoms with Crippen molar-refractivity contribution in [3.05, 3.63) is 0 Å². The molecule has 0 spiro atoms. The Morgan fingerprint density at radius 2 is 2.11 bits per heavy atom. The summed E-state index contributed by atoms with van der Waals surface area (Å²) in [5, 5.41) is 0. The van der Waals surface area contributed by atoms with Gasteiger partial charge in [-0.1, -0.05) is 20.3 Å². The molecule has 0 aliphatic carbocycles. The van der Waals surface area contributed by atoms with E-state index in [9.17, 15) is 0 Å². The lowest BCUT2D eigenvalue weighted by Gasteiger charge is -1.99. The summed E-state index contributed by atoms with van der Waals surface area (Å²) < 4.78 is 0. The van der Waals surface area contributed by atoms with Gasteiger partial charge in [-0.15, -0.1) is 0 Å². The highest BCUT2D eigenvalue weighted by molar-refractivity contribution is 5.56. The zero-order chi connectivity index (χ0) is 7.11. The molecule has 0 saturated carbocycles. The van der Waals surface area contributed by atoms with Gasteiger partial charge in [0.2, 0.25) is 0 Å². The van der Waals surface area contributed by atoms with E-state index in [0.717, 1.165) is 12.3 Å². The molecule has 0 aromatic rings. The van der Waals surface area contributed by atoms with Crippen molar-refractivity contribution >= 4 is 6.21 Å². The molecule has 0 atom stereocenters. The van der Waals surface area contributed by atoms with E-state index in [1.165, 1.54) is 12.8 Å². The summed E-state index contributed by atoms with van der Waals surface area (Å²) in [4.78, 5) is 3.91. The minimum absolute atomic E-state index is 0.843. The lowest BCUT2D eigenvalue weighted by atomic mass is 10.1. The molecular weight excluding hydrogens is 110 g/mol. The van der Waals surface area contributed by atoms with Crippen LogP contribution in [0.4, 0.5) is 0 Å². The van der Waals surface area contributed by atoms with E-state index >= 15 is 0 Å². The molecule has 0 amide bonds. The van der Waals surface area contributed by atoms with Gasteiger partial charge in [-0.25, -0.2) is 0 Å². The van der Waals surface area contributed by atoms with E-state index in [2.05, 4.69) is 18.8 Å². The van der Waals surface area contributed by atoms with Gasteiger partial charge in [0.1, 0.15) is 0 Å². The Kier molecular flexibility index (Phi) is 5.59. The first-order valence-electron chi connectivity index (χ1n) is 3.68. The predicted octanol–water partition coefficient (Wildman–Crippen LogP) is 2.51. The molecule has 1 nitrogen and oxygen atoms in total. The molecular formula is C8H17N. The van der Waals surface area contributed by atoms with E-state index in [-0.39, 0.29) is 0 Å². The van der Waals surface area contributed by atoms with Crippen LogP contribution in [0.1, 0.15) is 33.1 Å². The van der Waals surface area contributed by atoms with Gasteiger partial charge in [0.25, 0.3) is 0 Å². The summed E-state index contributed by atoms with van der Waals surface area (Å²) >= 11 is 0. The fourth-order valence-electron chi connectivity index (χ4n) is 0.746. The molecule has 0 bridgehead atoms. The van der Waals surface area contributed by atoms with E-state index in [4.69, 9.17) is 0 Å². The van der Waals surface area contributed by atoms with Crippen molar-refractivity contribution in [3.8, 4) is 0 Å². The summed E-state index contributed by atoms with van der Waals surface area (Å²) in [5.74, 6) is 0.843. The Labute approximate surface area is 58.2 Å². The number of hydrogen-bond acceptors (Lipinski definition) is 1. The van der Waals surface area contributed by atoms with Gasteiger partial charge >= 0.3 is 0 Å². The molecule has 0 saturated heterocycles. The molecule has 0 aliphatic heterocycles. The molecule has 54 valence electrons. The third-order valence-corrected chi connectivity index (χ3v) is 1.30. The van der Waals surface area contributed by atoms with E-state index in [1.807, 2.05) is 13.3 Å². The van der Waals surface area contributed by atoms with Crippen molar-refractivity contribution in [3.63, 3.8) is 0 Å². The molecule has 0 N–H and O–H groups in total. The SMILES string of the molecule is C/N=C/CCCC(C)C. The number of unbranched alkanes of at least 4 members (excludes halogenated alkanes) is 1. The largest absolute Gasteiger partial charge is 0.301 e. The summed E-state index contributed by atoms with van der Waals surface area (Å²) in [7, 11) is 1.83. The summed E-state index contributed by atoms with van der Waals surface area (Å²) in [6, 6.07) is 0. The van der Waals surface area contributed by atoms with Crippen LogP contribution in [0.5, 0.6) is 0 Å². The quantitative estimate of drug-likeness (QED) is 0.406. The van der Waals surface area contributed by atoms with Crippen LogP contribution >= 0.6 is 0 Å². The predicted molar refractivity (Wildman–Crippen MR) is 43.1 cm³/mol. The minimum atomic E-state index is 0.843. The second kappa shape index (κ2) is 5.80. The average molecular weight is 127 g/mol. The normalized spacial score (nSPS) is 11.6. The Morgan fingerprint density at radius 1 is 1.44 bits per heavy atom. The van der Waals surface area contributed by atoms with Gasteiger partial charge < -0.3 is 4.99 Å². The standard InChI is InChI=1S/C8H17N/c1-8(2)6-4-5-7-9-3/h7-8H,4-6H2,1-3H3/b9-7+. The molecule has 0 fully saturated rings. The van der Waals surface area contributed by atoms with Gasteiger partial charge in [0.15, 0.2) is 0 Å². The molecule has 0 rings (SSSR count). The second-order valence-corrected chi connectivity index (χ2v) is 2.77. The third-order valence-electron chi connectivity index (χ3n) is 1.30. The van der Waals surface area contributed by atoms with Crippen LogP contribution in [0.3, 0.4) is 0 Å². The van der Waals surface area contributed by atoms with Gasteiger partial charge in [0, 0.05) is 7.05 Å². The monoisotopic (exact) mass is 127 g/mol. The van der Waals surface area contributed by atoms with Gasteiger partial charge in [-0.05, 0) is 25.0 Å². The fraction of sp³-hybridized carbons (Fsp3) is 0.875. The maximum Gasteiger partial charge on any atom is 0.0273 e. The van der Waals surface area contributed by atoms with Crippen LogP contribution in [0.15, 0.2) is 4.99 Å². The number of aliphatic imine (C=N–C) groups is 1. The topological polar surface area (TPSA) is 12.4 Å². The lowest BCUT2D eigenvalue weighted by molar-refractivity contribution is 0.566. The molecule has 0 aliphatic rings. The van der Waals surface area contributed by atoms with Crippen molar-refractivity contribution in [1.29, 1.82) is 0 Å². The second-order valence-electron chi connectivity index (χ2n) is 2.77. The van der Waals surface area contributed by atoms with Gasteiger partial charge in [0.05, 0.1) is 0 Å². The van der Waals surface area contributed by atoms with Gasteiger partial charge in [-0.3, -0.25) is 0 Å². The van der Waals surface area contributed by atoms with Crippen molar-refractivity contribution in [2.24, 2.45) is 10.9 Å². The molecule has 0 radical (unpaired) electrons. The van der Waals surface area contributed by atoms with Crippen LogP contribution in [0.25, 0.3) is 0 Å². The first-order chi connectivity index (χ1) is 4.27. The molecule has 0 aromatic heterocycles. The fourth-order valence-corrected chi connectivity index (χ4v) is 0.746. The summed E-state index contributed by atoms with van der Waals surface area (Å²) in [5.41, 5.74) is 0. The maximum atomic E-state index is 3.91. The highest BCUT2D eigenvalue weighted by Gasteiger charge is 1.90. The van der Waals surface area contributed by atoms with E-state index in [1.54, 1.807) is 0 Å². The van der Waals surface area contributed by atoms with Crippen molar-refractivity contribution in [2.75, 3.05) is 7.05 Å². The first kappa shape index (κ1) is 8.67. The van der Waals surface area contributed by atoms with Gasteiger partial charge in [-0.2, -0.15) is 0 Å². The Morgan fingerprint density at radius 3 is 2.56 bits per heavy atom. The average Bonchev–Trinajstić information content (AvgIpc) is 1.80. The van der Waals surface area contributed by atoms with Crippen LogP contribution in [-0.4, -0.2) is 13.3 Å². The molecule has 0 unspecified atom stereocenters. The van der Waals surface area contributed by atoms with E-state index < -0.39 is 0 Å². The maximum absolute atomic E-state index is 3.91. The third kappa shape index (κ3) is 7.67. The Hall–Kier alpha value is -0.330. The zero-order valence-electron chi connectivity index (χ0n) is 6.72. The van der Waals surface area contributed by atoms with E-state index in [0.29, 0.717) is 0 Å². The van der Waals surface area contributed by atoms with Crippen LogP contribution in [0.2, 0.25) is 0 Å². The molecule has 0 heterocycles. The highest BCUT2D eigenvalue weighted by Crippen LogP contribution is 2.04. The number of rotatable bonds is 4. The van der Waals surface area contributed by atoms with Crippen molar-refractivity contribution in [2.45, 2.75) is 33.1 Å². The molecule has 0 aromatic carbocycles. The first-order valence-corrected chi connectivity index (χ1v) is 3.68. The number of hydrogen-bond donors (Lipinski definition) is 0. The van der Waals surface area contributed by atoms with Crippen LogP contribution < -0.4 is 0 Å². The van der Waals surface area contributed by atoms with Crippen molar-refractivity contribution in [1.82, 2.24) is 0 Å². The zero-order valence-corrected chi connectivity index (χ0v) is 6.72. The van der Waals surface area contributed by atoms with Crippen molar-refractivity contribution < 1.29 is 0 Å². The molecule has 9 heavy (non-hydrogen) atoms. The number of nitrogens with zero attached hydrogens (tertiary/aromatic N) is 1. The van der Waals surface area contributed by atoms with Crippen LogP contribution in [0, 0.1) is 5.92 Å². The minimum Gasteiger partial charge on any atom is -0.301 e. The summed E-state index contributed by atoms with van der Waals surface area (Å²) in [6.07, 6.45) is 5.75. The molecule has 1 heteroatoms.